The van der Waals surface area contributed by atoms with E-state index >= 15 is 0 Å². The molecule has 140 valence electrons. The number of aromatic nitrogens is 2. The molecule has 2 amide bonds. The van der Waals surface area contributed by atoms with Gasteiger partial charge in [-0.3, -0.25) is 14.0 Å². The molecule has 0 saturated heterocycles. The van der Waals surface area contributed by atoms with Gasteiger partial charge >= 0.3 is 0 Å². The first-order valence-electron chi connectivity index (χ1n) is 8.45. The molecule has 0 saturated carbocycles. The van der Waals surface area contributed by atoms with Gasteiger partial charge in [0.15, 0.2) is 5.69 Å². The molecule has 0 radical (unpaired) electrons. The standard InChI is InChI=1S/C19H18F2N4O2/c1-3-11(2)22-18(26)16-14-9-4-5-10-25(14)17(23-16)19(27)24-15-12(20)7-6-8-13(15)21/h4-11H,3H2,1-2H3,(H,22,26)(H,24,27). The van der Waals surface area contributed by atoms with Crippen molar-refractivity contribution in [2.24, 2.45) is 0 Å². The second kappa shape index (κ2) is 7.53. The predicted octanol–water partition coefficient (Wildman–Crippen LogP) is 3.39. The van der Waals surface area contributed by atoms with E-state index in [1.165, 1.54) is 10.5 Å². The van der Waals surface area contributed by atoms with Crippen molar-refractivity contribution in [2.75, 3.05) is 5.32 Å². The molecule has 3 rings (SSSR count). The molecule has 0 bridgehead atoms. The molecule has 0 aliphatic heterocycles. The van der Waals surface area contributed by atoms with Gasteiger partial charge in [0.1, 0.15) is 17.3 Å². The Labute approximate surface area is 154 Å². The van der Waals surface area contributed by atoms with Gasteiger partial charge in [-0.15, -0.1) is 0 Å². The van der Waals surface area contributed by atoms with E-state index in [1.807, 2.05) is 13.8 Å². The molecule has 6 nitrogen and oxygen atoms in total. The van der Waals surface area contributed by atoms with Crippen molar-refractivity contribution in [1.29, 1.82) is 0 Å². The molecular weight excluding hydrogens is 354 g/mol. The lowest BCUT2D eigenvalue weighted by molar-refractivity contribution is 0.0936. The molecule has 8 heteroatoms. The highest BCUT2D eigenvalue weighted by atomic mass is 19.1. The van der Waals surface area contributed by atoms with Crippen LogP contribution in [-0.2, 0) is 0 Å². The number of para-hydroxylation sites is 1. The number of carbonyl (C=O) groups is 2. The van der Waals surface area contributed by atoms with Crippen molar-refractivity contribution in [3.63, 3.8) is 0 Å². The van der Waals surface area contributed by atoms with E-state index in [-0.39, 0.29) is 17.6 Å². The summed E-state index contributed by atoms with van der Waals surface area (Å²) in [5, 5.41) is 4.98. The Morgan fingerprint density at radius 1 is 1.11 bits per heavy atom. The minimum Gasteiger partial charge on any atom is -0.348 e. The van der Waals surface area contributed by atoms with Gasteiger partial charge in [0.05, 0.1) is 5.52 Å². The molecule has 0 fully saturated rings. The van der Waals surface area contributed by atoms with Crippen molar-refractivity contribution in [3.8, 4) is 0 Å². The number of halogens is 2. The average molecular weight is 372 g/mol. The molecule has 0 aliphatic rings. The van der Waals surface area contributed by atoms with E-state index in [9.17, 15) is 18.4 Å². The topological polar surface area (TPSA) is 75.5 Å². The molecule has 2 aromatic heterocycles. The number of hydrogen-bond acceptors (Lipinski definition) is 3. The Morgan fingerprint density at radius 3 is 2.48 bits per heavy atom. The fourth-order valence-electron chi connectivity index (χ4n) is 2.55. The zero-order chi connectivity index (χ0) is 19.6. The van der Waals surface area contributed by atoms with Crippen LogP contribution in [0.15, 0.2) is 42.6 Å². The third kappa shape index (κ3) is 3.64. The third-order valence-electron chi connectivity index (χ3n) is 4.16. The lowest BCUT2D eigenvalue weighted by atomic mass is 10.2. The molecule has 1 unspecified atom stereocenters. The maximum atomic E-state index is 13.8. The van der Waals surface area contributed by atoms with Gasteiger partial charge in [-0.25, -0.2) is 13.8 Å². The number of fused-ring (bicyclic) bond motifs is 1. The van der Waals surface area contributed by atoms with Crippen LogP contribution in [-0.4, -0.2) is 27.2 Å². The summed E-state index contributed by atoms with van der Waals surface area (Å²) in [4.78, 5) is 29.2. The predicted molar refractivity (Wildman–Crippen MR) is 96.7 cm³/mol. The molecular formula is C19H18F2N4O2. The first-order chi connectivity index (χ1) is 12.9. The minimum atomic E-state index is -0.904. The average Bonchev–Trinajstić information content (AvgIpc) is 3.04. The highest BCUT2D eigenvalue weighted by Crippen LogP contribution is 2.20. The first kappa shape index (κ1) is 18.5. The molecule has 27 heavy (non-hydrogen) atoms. The summed E-state index contributed by atoms with van der Waals surface area (Å²) in [5.74, 6) is -3.22. The SMILES string of the molecule is CCC(C)NC(=O)c1nc(C(=O)Nc2c(F)cccc2F)n2ccccc12. The summed E-state index contributed by atoms with van der Waals surface area (Å²) in [6.07, 6.45) is 2.28. The normalized spacial score (nSPS) is 12.0. The smallest absolute Gasteiger partial charge is 0.292 e. The van der Waals surface area contributed by atoms with Crippen LogP contribution in [0.3, 0.4) is 0 Å². The second-order valence-electron chi connectivity index (χ2n) is 6.07. The maximum Gasteiger partial charge on any atom is 0.292 e. The summed E-state index contributed by atoms with van der Waals surface area (Å²) >= 11 is 0. The number of nitrogens with zero attached hydrogens (tertiary/aromatic N) is 2. The van der Waals surface area contributed by atoms with Crippen LogP contribution >= 0.6 is 0 Å². The summed E-state index contributed by atoms with van der Waals surface area (Å²) in [6, 6.07) is 8.20. The molecule has 0 aliphatic carbocycles. The second-order valence-corrected chi connectivity index (χ2v) is 6.07. The van der Waals surface area contributed by atoms with Crippen molar-refractivity contribution in [3.05, 3.63) is 65.7 Å². The van der Waals surface area contributed by atoms with Gasteiger partial charge in [0.2, 0.25) is 5.82 Å². The van der Waals surface area contributed by atoms with Gasteiger partial charge in [-0.1, -0.05) is 19.1 Å². The van der Waals surface area contributed by atoms with E-state index in [0.717, 1.165) is 18.6 Å². The minimum absolute atomic E-state index is 0.0649. The zero-order valence-corrected chi connectivity index (χ0v) is 14.8. The van der Waals surface area contributed by atoms with Crippen LogP contribution in [0.1, 0.15) is 41.4 Å². The number of benzene rings is 1. The summed E-state index contributed by atoms with van der Waals surface area (Å²) in [7, 11) is 0. The van der Waals surface area contributed by atoms with Crippen molar-refractivity contribution in [1.82, 2.24) is 14.7 Å². The first-order valence-corrected chi connectivity index (χ1v) is 8.45. The monoisotopic (exact) mass is 372 g/mol. The Morgan fingerprint density at radius 2 is 1.81 bits per heavy atom. The van der Waals surface area contributed by atoms with Gasteiger partial charge in [-0.2, -0.15) is 0 Å². The van der Waals surface area contributed by atoms with Crippen molar-refractivity contribution < 1.29 is 18.4 Å². The molecule has 3 aromatic rings. The molecule has 2 heterocycles. The number of amides is 2. The zero-order valence-electron chi connectivity index (χ0n) is 14.8. The number of imidazole rings is 1. The van der Waals surface area contributed by atoms with Crippen LogP contribution in [0.25, 0.3) is 5.52 Å². The van der Waals surface area contributed by atoms with Crippen molar-refractivity contribution in [2.45, 2.75) is 26.3 Å². The van der Waals surface area contributed by atoms with Crippen LogP contribution in [0.2, 0.25) is 0 Å². The molecule has 2 N–H and O–H groups in total. The lowest BCUT2D eigenvalue weighted by Gasteiger charge is -2.09. The third-order valence-corrected chi connectivity index (χ3v) is 4.16. The van der Waals surface area contributed by atoms with Gasteiger partial charge in [0, 0.05) is 12.2 Å². The van der Waals surface area contributed by atoms with E-state index in [2.05, 4.69) is 15.6 Å². The van der Waals surface area contributed by atoms with Crippen LogP contribution < -0.4 is 10.6 Å². The quantitative estimate of drug-likeness (QED) is 0.721. The van der Waals surface area contributed by atoms with E-state index in [1.54, 1.807) is 24.4 Å². The van der Waals surface area contributed by atoms with Gasteiger partial charge in [-0.05, 0) is 37.6 Å². The lowest BCUT2D eigenvalue weighted by Crippen LogP contribution is -2.32. The largest absolute Gasteiger partial charge is 0.348 e. The van der Waals surface area contributed by atoms with Gasteiger partial charge < -0.3 is 10.6 Å². The maximum absolute atomic E-state index is 13.8. The number of pyridine rings is 1. The number of carbonyl (C=O) groups excluding carboxylic acids is 2. The molecule has 1 atom stereocenters. The molecule has 0 spiro atoms. The summed E-state index contributed by atoms with van der Waals surface area (Å²) < 4.78 is 29.0. The summed E-state index contributed by atoms with van der Waals surface area (Å²) in [6.45, 7) is 3.78. The highest BCUT2D eigenvalue weighted by molar-refractivity contribution is 6.06. The van der Waals surface area contributed by atoms with Crippen LogP contribution in [0.4, 0.5) is 14.5 Å². The van der Waals surface area contributed by atoms with Crippen molar-refractivity contribution >= 4 is 23.0 Å². The number of rotatable bonds is 5. The van der Waals surface area contributed by atoms with Crippen LogP contribution in [0.5, 0.6) is 0 Å². The highest BCUT2D eigenvalue weighted by Gasteiger charge is 2.23. The fraction of sp³-hybridized carbons (Fsp3) is 0.211. The number of nitrogens with one attached hydrogen (secondary N) is 2. The van der Waals surface area contributed by atoms with E-state index in [4.69, 9.17) is 0 Å². The van der Waals surface area contributed by atoms with Crippen LogP contribution in [0, 0.1) is 11.6 Å². The van der Waals surface area contributed by atoms with E-state index < -0.39 is 29.1 Å². The number of anilines is 1. The Kier molecular flexibility index (Phi) is 5.16. The molecule has 1 aromatic carbocycles. The Hall–Kier alpha value is -3.29. The Balaban J connectivity index is 2.00. The van der Waals surface area contributed by atoms with E-state index in [0.29, 0.717) is 5.52 Å². The Bertz CT molecular complexity index is 996. The fourth-order valence-corrected chi connectivity index (χ4v) is 2.55. The van der Waals surface area contributed by atoms with Gasteiger partial charge in [0.25, 0.3) is 11.8 Å². The number of hydrogen-bond donors (Lipinski definition) is 2. The summed E-state index contributed by atoms with van der Waals surface area (Å²) in [5.41, 5.74) is -0.0895.